The van der Waals surface area contributed by atoms with E-state index in [1.165, 1.54) is 18.5 Å². The molecule has 3 rings (SSSR count). The SMILES string of the molecule is Cn1ncc2c(Oc3ccccc3[N+](=O)[O-])ncnc21. The van der Waals surface area contributed by atoms with Crippen LogP contribution in [0.1, 0.15) is 0 Å². The summed E-state index contributed by atoms with van der Waals surface area (Å²) in [5.41, 5.74) is 0.469. The molecule has 0 aliphatic rings. The number of rotatable bonds is 3. The summed E-state index contributed by atoms with van der Waals surface area (Å²) in [6.45, 7) is 0. The maximum absolute atomic E-state index is 11.0. The molecule has 0 radical (unpaired) electrons. The molecule has 0 saturated heterocycles. The molecule has 0 aliphatic carbocycles. The summed E-state index contributed by atoms with van der Waals surface area (Å²) >= 11 is 0. The quantitative estimate of drug-likeness (QED) is 0.534. The highest BCUT2D eigenvalue weighted by atomic mass is 16.6. The maximum Gasteiger partial charge on any atom is 0.311 e. The third-order valence-electron chi connectivity index (χ3n) is 2.76. The second-order valence-corrected chi connectivity index (χ2v) is 4.01. The Labute approximate surface area is 112 Å². The Hall–Kier alpha value is -3.03. The van der Waals surface area contributed by atoms with E-state index in [0.29, 0.717) is 11.0 Å². The fourth-order valence-corrected chi connectivity index (χ4v) is 1.82. The highest BCUT2D eigenvalue weighted by molar-refractivity contribution is 5.80. The number of hydrogen-bond acceptors (Lipinski definition) is 6. The third kappa shape index (κ3) is 1.92. The Morgan fingerprint density at radius 3 is 2.90 bits per heavy atom. The lowest BCUT2D eigenvalue weighted by Crippen LogP contribution is -1.96. The van der Waals surface area contributed by atoms with Crippen LogP contribution >= 0.6 is 0 Å². The lowest BCUT2D eigenvalue weighted by molar-refractivity contribution is -0.385. The van der Waals surface area contributed by atoms with Crippen LogP contribution in [-0.4, -0.2) is 24.7 Å². The van der Waals surface area contributed by atoms with Crippen LogP contribution in [0.4, 0.5) is 5.69 Å². The van der Waals surface area contributed by atoms with E-state index < -0.39 is 4.92 Å². The van der Waals surface area contributed by atoms with Gasteiger partial charge in [-0.3, -0.25) is 14.8 Å². The first-order chi connectivity index (χ1) is 9.66. The Bertz CT molecular complexity index is 799. The normalized spacial score (nSPS) is 10.7. The van der Waals surface area contributed by atoms with Gasteiger partial charge in [-0.15, -0.1) is 0 Å². The highest BCUT2D eigenvalue weighted by Gasteiger charge is 2.17. The van der Waals surface area contributed by atoms with Crippen molar-refractivity contribution in [1.29, 1.82) is 0 Å². The highest BCUT2D eigenvalue weighted by Crippen LogP contribution is 2.32. The molecule has 100 valence electrons. The van der Waals surface area contributed by atoms with Gasteiger partial charge in [-0.1, -0.05) is 12.1 Å². The molecule has 0 atom stereocenters. The van der Waals surface area contributed by atoms with E-state index in [1.807, 2.05) is 0 Å². The van der Waals surface area contributed by atoms with E-state index in [9.17, 15) is 10.1 Å². The van der Waals surface area contributed by atoms with Crippen LogP contribution < -0.4 is 4.74 Å². The molecule has 20 heavy (non-hydrogen) atoms. The Balaban J connectivity index is 2.08. The number of para-hydroxylation sites is 2. The molecular weight excluding hydrogens is 262 g/mol. The average Bonchev–Trinajstić information content (AvgIpc) is 2.82. The molecule has 0 spiro atoms. The number of nitrogens with zero attached hydrogens (tertiary/aromatic N) is 5. The van der Waals surface area contributed by atoms with E-state index in [0.717, 1.165) is 0 Å². The summed E-state index contributed by atoms with van der Waals surface area (Å²) in [4.78, 5) is 18.5. The Morgan fingerprint density at radius 2 is 2.10 bits per heavy atom. The zero-order valence-corrected chi connectivity index (χ0v) is 10.4. The summed E-state index contributed by atoms with van der Waals surface area (Å²) in [7, 11) is 1.74. The molecule has 2 aromatic heterocycles. The number of nitro groups is 1. The fourth-order valence-electron chi connectivity index (χ4n) is 1.82. The van der Waals surface area contributed by atoms with E-state index in [-0.39, 0.29) is 17.3 Å². The van der Waals surface area contributed by atoms with Crippen molar-refractivity contribution < 1.29 is 9.66 Å². The molecule has 8 nitrogen and oxygen atoms in total. The molecule has 0 N–H and O–H groups in total. The van der Waals surface area contributed by atoms with Crippen LogP contribution in [0.2, 0.25) is 0 Å². The van der Waals surface area contributed by atoms with Crippen molar-refractivity contribution in [2.75, 3.05) is 0 Å². The van der Waals surface area contributed by atoms with Crippen LogP contribution in [0.25, 0.3) is 11.0 Å². The zero-order valence-electron chi connectivity index (χ0n) is 10.4. The molecule has 0 unspecified atom stereocenters. The standard InChI is InChI=1S/C12H9N5O3/c1-16-11-8(6-15-16)12(14-7-13-11)20-10-5-3-2-4-9(10)17(18)19/h2-7H,1H3. The summed E-state index contributed by atoms with van der Waals surface area (Å²) in [6, 6.07) is 6.12. The summed E-state index contributed by atoms with van der Waals surface area (Å²) in [5.74, 6) is 0.360. The lowest BCUT2D eigenvalue weighted by atomic mass is 10.3. The molecule has 2 heterocycles. The Morgan fingerprint density at radius 1 is 1.30 bits per heavy atom. The van der Waals surface area contributed by atoms with E-state index in [1.54, 1.807) is 30.1 Å². The van der Waals surface area contributed by atoms with Gasteiger partial charge in [-0.2, -0.15) is 5.10 Å². The van der Waals surface area contributed by atoms with Crippen LogP contribution in [0.3, 0.4) is 0 Å². The molecule has 3 aromatic rings. The lowest BCUT2D eigenvalue weighted by Gasteiger charge is -2.05. The van der Waals surface area contributed by atoms with Crippen molar-refractivity contribution in [2.45, 2.75) is 0 Å². The Kier molecular flexibility index (Phi) is 2.75. The molecule has 0 aliphatic heterocycles. The minimum Gasteiger partial charge on any atom is -0.431 e. The van der Waals surface area contributed by atoms with Gasteiger partial charge in [-0.25, -0.2) is 9.97 Å². The molecule has 0 fully saturated rings. The number of aryl methyl sites for hydroxylation is 1. The first-order valence-corrected chi connectivity index (χ1v) is 5.71. The van der Waals surface area contributed by atoms with E-state index in [4.69, 9.17) is 4.74 Å². The van der Waals surface area contributed by atoms with Crippen molar-refractivity contribution in [2.24, 2.45) is 7.05 Å². The van der Waals surface area contributed by atoms with Crippen LogP contribution in [0.15, 0.2) is 36.8 Å². The molecule has 8 heteroatoms. The number of nitro benzene ring substituents is 1. The number of ether oxygens (including phenoxy) is 1. The van der Waals surface area contributed by atoms with E-state index in [2.05, 4.69) is 15.1 Å². The minimum absolute atomic E-state index is 0.122. The molecule has 1 aromatic carbocycles. The van der Waals surface area contributed by atoms with Gasteiger partial charge in [-0.05, 0) is 6.07 Å². The predicted molar refractivity (Wildman–Crippen MR) is 69.5 cm³/mol. The molecule has 0 amide bonds. The summed E-state index contributed by atoms with van der Waals surface area (Å²) in [6.07, 6.45) is 2.88. The fraction of sp³-hybridized carbons (Fsp3) is 0.0833. The summed E-state index contributed by atoms with van der Waals surface area (Å²) < 4.78 is 7.12. The first-order valence-electron chi connectivity index (χ1n) is 5.71. The molecule has 0 saturated carbocycles. The zero-order chi connectivity index (χ0) is 14.1. The van der Waals surface area contributed by atoms with Gasteiger partial charge in [0.15, 0.2) is 5.65 Å². The largest absolute Gasteiger partial charge is 0.431 e. The van der Waals surface area contributed by atoms with Crippen molar-refractivity contribution in [1.82, 2.24) is 19.7 Å². The number of benzene rings is 1. The van der Waals surface area contributed by atoms with Crippen LogP contribution in [0.5, 0.6) is 11.6 Å². The van der Waals surface area contributed by atoms with Gasteiger partial charge in [0.1, 0.15) is 11.7 Å². The van der Waals surface area contributed by atoms with Crippen molar-refractivity contribution >= 4 is 16.7 Å². The van der Waals surface area contributed by atoms with Gasteiger partial charge in [0.2, 0.25) is 11.6 Å². The van der Waals surface area contributed by atoms with Gasteiger partial charge < -0.3 is 4.74 Å². The van der Waals surface area contributed by atoms with Crippen molar-refractivity contribution in [3.8, 4) is 11.6 Å². The van der Waals surface area contributed by atoms with Gasteiger partial charge in [0.05, 0.1) is 11.1 Å². The van der Waals surface area contributed by atoms with Gasteiger partial charge >= 0.3 is 5.69 Å². The maximum atomic E-state index is 11.0. The van der Waals surface area contributed by atoms with Crippen molar-refractivity contribution in [3.05, 3.63) is 46.9 Å². The number of aromatic nitrogens is 4. The van der Waals surface area contributed by atoms with Gasteiger partial charge in [0.25, 0.3) is 0 Å². The second kappa shape index (κ2) is 4.57. The average molecular weight is 271 g/mol. The number of hydrogen-bond donors (Lipinski definition) is 0. The van der Waals surface area contributed by atoms with Crippen LogP contribution in [0, 0.1) is 10.1 Å². The molecule has 0 bridgehead atoms. The number of fused-ring (bicyclic) bond motifs is 1. The monoisotopic (exact) mass is 271 g/mol. The van der Waals surface area contributed by atoms with E-state index >= 15 is 0 Å². The molecular formula is C12H9N5O3. The smallest absolute Gasteiger partial charge is 0.311 e. The topological polar surface area (TPSA) is 96.0 Å². The summed E-state index contributed by atoms with van der Waals surface area (Å²) in [5, 5.41) is 15.6. The minimum atomic E-state index is -0.503. The second-order valence-electron chi connectivity index (χ2n) is 4.01. The van der Waals surface area contributed by atoms with Gasteiger partial charge in [0, 0.05) is 13.1 Å². The van der Waals surface area contributed by atoms with Crippen LogP contribution in [-0.2, 0) is 7.05 Å². The van der Waals surface area contributed by atoms with Crippen molar-refractivity contribution in [3.63, 3.8) is 0 Å². The third-order valence-corrected chi connectivity index (χ3v) is 2.76. The first kappa shape index (κ1) is 12.0. The predicted octanol–water partition coefficient (Wildman–Crippen LogP) is 2.06.